The lowest BCUT2D eigenvalue weighted by Gasteiger charge is -2.21. The third kappa shape index (κ3) is 5.51. The van der Waals surface area contributed by atoms with Crippen LogP contribution in [-0.4, -0.2) is 42.7 Å². The van der Waals surface area contributed by atoms with Crippen LogP contribution in [-0.2, 0) is 21.4 Å². The Hall–Kier alpha value is -2.56. The second kappa shape index (κ2) is 10.1. The molecule has 1 aliphatic heterocycles. The third-order valence-corrected chi connectivity index (χ3v) is 7.59. The van der Waals surface area contributed by atoms with Gasteiger partial charge in [0.25, 0.3) is 0 Å². The van der Waals surface area contributed by atoms with Crippen molar-refractivity contribution in [3.63, 3.8) is 0 Å². The number of anilines is 2. The van der Waals surface area contributed by atoms with E-state index >= 15 is 0 Å². The molecule has 176 valence electrons. The third-order valence-electron chi connectivity index (χ3n) is 5.71. The summed E-state index contributed by atoms with van der Waals surface area (Å²) in [5, 5.41) is 9.01. The standard InChI is InChI=1S/C23H29N5O3S2/c1-2-3-14-28-21-11-10-17(33(24,30)31)15-19(21)26-23(28)32-16-22(29)25-18-8-4-5-9-20(18)27-12-6-7-13-27/h4-5,8-11,15H,2-3,6-7,12-14,16H2,1H3,(H,25,29)(H2,24,30,31). The lowest BCUT2D eigenvalue weighted by molar-refractivity contribution is -0.113. The van der Waals surface area contributed by atoms with Gasteiger partial charge in [-0.2, -0.15) is 0 Å². The molecule has 0 unspecified atom stereocenters. The summed E-state index contributed by atoms with van der Waals surface area (Å²) in [7, 11) is -3.81. The molecule has 3 N–H and O–H groups in total. The SMILES string of the molecule is CCCCn1c(SCC(=O)Nc2ccccc2N2CCCC2)nc2cc(S(N)(=O)=O)ccc21. The molecule has 10 heteroatoms. The van der Waals surface area contributed by atoms with Gasteiger partial charge in [-0.05, 0) is 49.6 Å². The molecule has 1 amide bonds. The van der Waals surface area contributed by atoms with Crippen LogP contribution >= 0.6 is 11.8 Å². The summed E-state index contributed by atoms with van der Waals surface area (Å²) in [5.41, 5.74) is 3.26. The molecule has 1 aliphatic rings. The number of primary sulfonamides is 1. The number of thioether (sulfide) groups is 1. The van der Waals surface area contributed by atoms with Crippen LogP contribution in [0.4, 0.5) is 11.4 Å². The van der Waals surface area contributed by atoms with Crippen molar-refractivity contribution in [2.24, 2.45) is 5.14 Å². The van der Waals surface area contributed by atoms with E-state index in [0.29, 0.717) is 10.7 Å². The van der Waals surface area contributed by atoms with Crippen molar-refractivity contribution in [2.45, 2.75) is 49.2 Å². The molecule has 2 aromatic carbocycles. The van der Waals surface area contributed by atoms with Crippen LogP contribution < -0.4 is 15.4 Å². The van der Waals surface area contributed by atoms with E-state index in [1.54, 1.807) is 6.07 Å². The topological polar surface area (TPSA) is 110 Å². The molecule has 1 fully saturated rings. The molecule has 0 spiro atoms. The Labute approximate surface area is 198 Å². The van der Waals surface area contributed by atoms with Gasteiger partial charge in [-0.15, -0.1) is 0 Å². The Balaban J connectivity index is 1.52. The van der Waals surface area contributed by atoms with E-state index in [4.69, 9.17) is 5.14 Å². The first kappa shape index (κ1) is 23.6. The van der Waals surface area contributed by atoms with Crippen molar-refractivity contribution in [2.75, 3.05) is 29.1 Å². The van der Waals surface area contributed by atoms with Crippen LogP contribution in [0.5, 0.6) is 0 Å². The highest BCUT2D eigenvalue weighted by molar-refractivity contribution is 7.99. The van der Waals surface area contributed by atoms with E-state index < -0.39 is 10.0 Å². The van der Waals surface area contributed by atoms with Gasteiger partial charge in [0.15, 0.2) is 5.16 Å². The van der Waals surface area contributed by atoms with E-state index in [1.165, 1.54) is 36.7 Å². The molecule has 8 nitrogen and oxygen atoms in total. The van der Waals surface area contributed by atoms with Crippen molar-refractivity contribution in [1.82, 2.24) is 9.55 Å². The predicted molar refractivity (Wildman–Crippen MR) is 133 cm³/mol. The minimum Gasteiger partial charge on any atom is -0.370 e. The quantitative estimate of drug-likeness (QED) is 0.444. The van der Waals surface area contributed by atoms with Gasteiger partial charge in [0, 0.05) is 19.6 Å². The number of sulfonamides is 1. The largest absolute Gasteiger partial charge is 0.370 e. The van der Waals surface area contributed by atoms with Gasteiger partial charge in [0.1, 0.15) is 0 Å². The van der Waals surface area contributed by atoms with Gasteiger partial charge in [-0.3, -0.25) is 4.79 Å². The number of aromatic nitrogens is 2. The van der Waals surface area contributed by atoms with Crippen LogP contribution in [0.1, 0.15) is 32.6 Å². The van der Waals surface area contributed by atoms with Crippen molar-refractivity contribution in [3.8, 4) is 0 Å². The first-order valence-corrected chi connectivity index (χ1v) is 13.7. The van der Waals surface area contributed by atoms with Crippen LogP contribution in [0.25, 0.3) is 11.0 Å². The van der Waals surface area contributed by atoms with Crippen molar-refractivity contribution >= 4 is 50.1 Å². The molecular formula is C23H29N5O3S2. The zero-order chi connectivity index (χ0) is 23.4. The first-order valence-electron chi connectivity index (χ1n) is 11.2. The molecule has 33 heavy (non-hydrogen) atoms. The van der Waals surface area contributed by atoms with Gasteiger partial charge in [-0.25, -0.2) is 18.5 Å². The molecule has 0 saturated carbocycles. The Morgan fingerprint density at radius 3 is 2.67 bits per heavy atom. The summed E-state index contributed by atoms with van der Waals surface area (Å²) in [6.45, 7) is 4.85. The first-order chi connectivity index (χ1) is 15.9. The van der Waals surface area contributed by atoms with Crippen LogP contribution in [0.15, 0.2) is 52.5 Å². The minimum atomic E-state index is -3.81. The number of hydrogen-bond donors (Lipinski definition) is 2. The maximum absolute atomic E-state index is 12.8. The molecule has 1 saturated heterocycles. The number of imidazole rings is 1. The molecule has 1 aromatic heterocycles. The van der Waals surface area contributed by atoms with E-state index in [-0.39, 0.29) is 16.6 Å². The number of carbonyl (C=O) groups is 1. The maximum Gasteiger partial charge on any atom is 0.238 e. The Kier molecular flexibility index (Phi) is 7.26. The number of aryl methyl sites for hydroxylation is 1. The molecule has 2 heterocycles. The predicted octanol–water partition coefficient (Wildman–Crippen LogP) is 3.81. The fourth-order valence-corrected chi connectivity index (χ4v) is 5.41. The number of nitrogens with one attached hydrogen (secondary N) is 1. The number of benzene rings is 2. The summed E-state index contributed by atoms with van der Waals surface area (Å²) in [4.78, 5) is 19.7. The summed E-state index contributed by atoms with van der Waals surface area (Å²) < 4.78 is 25.5. The number of rotatable bonds is 9. The number of carbonyl (C=O) groups excluding carboxylic acids is 1. The Morgan fingerprint density at radius 1 is 1.18 bits per heavy atom. The fraction of sp³-hybridized carbons (Fsp3) is 0.391. The number of hydrogen-bond acceptors (Lipinski definition) is 6. The van der Waals surface area contributed by atoms with Crippen molar-refractivity contribution in [1.29, 1.82) is 0 Å². The van der Waals surface area contributed by atoms with Crippen LogP contribution in [0.3, 0.4) is 0 Å². The number of unbranched alkanes of at least 4 members (excludes halogenated alkanes) is 1. The second-order valence-corrected chi connectivity index (χ2v) is 10.6. The zero-order valence-electron chi connectivity index (χ0n) is 18.7. The number of para-hydroxylation sites is 2. The average Bonchev–Trinajstić information content (AvgIpc) is 3.43. The van der Waals surface area contributed by atoms with Gasteiger partial charge in [-0.1, -0.05) is 37.2 Å². The molecule has 4 rings (SSSR count). The molecular weight excluding hydrogens is 458 g/mol. The minimum absolute atomic E-state index is 0.0305. The van der Waals surface area contributed by atoms with Crippen molar-refractivity contribution in [3.05, 3.63) is 42.5 Å². The summed E-state index contributed by atoms with van der Waals surface area (Å²) in [6, 6.07) is 12.6. The second-order valence-electron chi connectivity index (χ2n) is 8.14. The van der Waals surface area contributed by atoms with Gasteiger partial charge >= 0.3 is 0 Å². The fourth-order valence-electron chi connectivity index (χ4n) is 4.04. The van der Waals surface area contributed by atoms with Gasteiger partial charge in [0.05, 0.1) is 33.1 Å². The zero-order valence-corrected chi connectivity index (χ0v) is 20.3. The molecule has 0 aliphatic carbocycles. The monoisotopic (exact) mass is 487 g/mol. The van der Waals surface area contributed by atoms with Gasteiger partial charge in [0.2, 0.25) is 15.9 Å². The van der Waals surface area contributed by atoms with E-state index in [1.807, 2.05) is 28.8 Å². The van der Waals surface area contributed by atoms with E-state index in [9.17, 15) is 13.2 Å². The van der Waals surface area contributed by atoms with Crippen LogP contribution in [0.2, 0.25) is 0 Å². The summed E-state index contributed by atoms with van der Waals surface area (Å²) in [5.74, 6) is 0.0946. The molecule has 0 radical (unpaired) electrons. The highest BCUT2D eigenvalue weighted by Crippen LogP contribution is 2.30. The maximum atomic E-state index is 12.8. The number of amides is 1. The smallest absolute Gasteiger partial charge is 0.238 e. The molecule has 0 atom stereocenters. The summed E-state index contributed by atoms with van der Waals surface area (Å²) >= 11 is 1.35. The molecule has 3 aromatic rings. The Bertz CT molecular complexity index is 1250. The average molecular weight is 488 g/mol. The van der Waals surface area contributed by atoms with E-state index in [2.05, 4.69) is 22.1 Å². The number of nitrogens with two attached hydrogens (primary N) is 1. The van der Waals surface area contributed by atoms with Crippen molar-refractivity contribution < 1.29 is 13.2 Å². The van der Waals surface area contributed by atoms with Crippen LogP contribution in [0, 0.1) is 0 Å². The molecule has 0 bridgehead atoms. The summed E-state index contributed by atoms with van der Waals surface area (Å²) in [6.07, 6.45) is 4.29. The normalized spacial score (nSPS) is 14.2. The highest BCUT2D eigenvalue weighted by Gasteiger charge is 2.18. The number of nitrogens with zero attached hydrogens (tertiary/aromatic N) is 3. The highest BCUT2D eigenvalue weighted by atomic mass is 32.2. The van der Waals surface area contributed by atoms with Gasteiger partial charge < -0.3 is 14.8 Å². The lowest BCUT2D eigenvalue weighted by atomic mass is 10.2. The lowest BCUT2D eigenvalue weighted by Crippen LogP contribution is -2.21. The number of fused-ring (bicyclic) bond motifs is 1. The van der Waals surface area contributed by atoms with E-state index in [0.717, 1.165) is 49.4 Å². The Morgan fingerprint density at radius 2 is 1.94 bits per heavy atom.